The van der Waals surface area contributed by atoms with Crippen molar-refractivity contribution >= 4 is 0 Å². The Morgan fingerprint density at radius 2 is 1.85 bits per heavy atom. The van der Waals surface area contributed by atoms with Crippen LogP contribution in [0.25, 0.3) is 0 Å². The quantitative estimate of drug-likeness (QED) is 0.483. The summed E-state index contributed by atoms with van der Waals surface area (Å²) in [6, 6.07) is 0.201. The van der Waals surface area contributed by atoms with Gasteiger partial charge in [-0.25, -0.2) is 0 Å². The maximum atomic E-state index is 9.88. The summed E-state index contributed by atoms with van der Waals surface area (Å²) in [5, 5.41) is 22.3. The monoisotopic (exact) mass is 289 g/mol. The van der Waals surface area contributed by atoms with E-state index in [1.54, 1.807) is 0 Å². The maximum Gasteiger partial charge on any atom is 0.0897 e. The minimum absolute atomic E-state index is 0.0729. The van der Waals surface area contributed by atoms with Gasteiger partial charge in [0.25, 0.3) is 0 Å². The van der Waals surface area contributed by atoms with Crippen molar-refractivity contribution in [2.45, 2.75) is 71.9 Å². The number of hydrogen-bond acceptors (Lipinski definition) is 4. The molecule has 0 amide bonds. The van der Waals surface area contributed by atoms with Gasteiger partial charge in [0.1, 0.15) is 0 Å². The molecule has 0 aliphatic carbocycles. The van der Waals surface area contributed by atoms with E-state index in [2.05, 4.69) is 33.0 Å². The van der Waals surface area contributed by atoms with Crippen molar-refractivity contribution < 1.29 is 14.9 Å². The van der Waals surface area contributed by atoms with Crippen molar-refractivity contribution in [3.05, 3.63) is 0 Å². The lowest BCUT2D eigenvalue weighted by Gasteiger charge is -2.32. The molecule has 0 heterocycles. The summed E-state index contributed by atoms with van der Waals surface area (Å²) in [6.07, 6.45) is 4.97. The van der Waals surface area contributed by atoms with Gasteiger partial charge in [-0.15, -0.1) is 0 Å². The first kappa shape index (κ1) is 19.8. The van der Waals surface area contributed by atoms with Crippen molar-refractivity contribution in [3.8, 4) is 0 Å². The molecule has 0 bridgehead atoms. The number of unbranched alkanes of at least 4 members (excludes halogenated alkanes) is 3. The van der Waals surface area contributed by atoms with Gasteiger partial charge in [0.05, 0.1) is 12.7 Å². The molecule has 0 aromatic heterocycles. The van der Waals surface area contributed by atoms with Crippen molar-refractivity contribution in [1.82, 2.24) is 5.32 Å². The molecule has 0 fully saturated rings. The molecule has 20 heavy (non-hydrogen) atoms. The molecule has 0 aliphatic rings. The Morgan fingerprint density at radius 3 is 2.40 bits per heavy atom. The van der Waals surface area contributed by atoms with Crippen molar-refractivity contribution in [1.29, 1.82) is 0 Å². The van der Waals surface area contributed by atoms with Crippen LogP contribution >= 0.6 is 0 Å². The Bertz CT molecular complexity index is 216. The largest absolute Gasteiger partial charge is 0.396 e. The van der Waals surface area contributed by atoms with Crippen LogP contribution in [0.1, 0.15) is 59.8 Å². The molecule has 0 aromatic rings. The van der Waals surface area contributed by atoms with Crippen LogP contribution in [0.2, 0.25) is 0 Å². The van der Waals surface area contributed by atoms with E-state index in [-0.39, 0.29) is 18.1 Å². The first-order valence-corrected chi connectivity index (χ1v) is 8.01. The fourth-order valence-electron chi connectivity index (χ4n) is 2.16. The second-order valence-corrected chi connectivity index (χ2v) is 6.63. The molecular weight excluding hydrogens is 254 g/mol. The first-order valence-electron chi connectivity index (χ1n) is 8.01. The molecule has 4 heteroatoms. The van der Waals surface area contributed by atoms with E-state index < -0.39 is 6.10 Å². The minimum atomic E-state index is -0.482. The van der Waals surface area contributed by atoms with E-state index in [9.17, 15) is 5.11 Å². The molecule has 3 N–H and O–H groups in total. The van der Waals surface area contributed by atoms with Crippen LogP contribution in [0, 0.1) is 5.41 Å². The molecule has 2 atom stereocenters. The molecule has 122 valence electrons. The van der Waals surface area contributed by atoms with Gasteiger partial charge in [0.2, 0.25) is 0 Å². The Balaban J connectivity index is 3.71. The molecule has 0 radical (unpaired) electrons. The predicted molar refractivity (Wildman–Crippen MR) is 83.9 cm³/mol. The van der Waals surface area contributed by atoms with Gasteiger partial charge in [-0.2, -0.15) is 0 Å². The highest BCUT2D eigenvalue weighted by Crippen LogP contribution is 2.21. The third-order valence-corrected chi connectivity index (χ3v) is 3.52. The van der Waals surface area contributed by atoms with Gasteiger partial charge in [0.15, 0.2) is 0 Å². The molecule has 2 unspecified atom stereocenters. The molecule has 0 spiro atoms. The molecule has 0 rings (SSSR count). The molecule has 0 saturated heterocycles. The third-order valence-electron chi connectivity index (χ3n) is 3.52. The third kappa shape index (κ3) is 10.6. The minimum Gasteiger partial charge on any atom is -0.396 e. The molecule has 4 nitrogen and oxygen atoms in total. The van der Waals surface area contributed by atoms with E-state index >= 15 is 0 Å². The van der Waals surface area contributed by atoms with Crippen LogP contribution in [0.15, 0.2) is 0 Å². The molecule has 0 aromatic carbocycles. The van der Waals surface area contributed by atoms with Crippen LogP contribution in [-0.4, -0.2) is 48.7 Å². The standard InChI is InChI=1S/C16H35NO3/c1-5-6-7-8-11-20-13-14(19)12-17-15(9-10-18)16(2,3)4/h14-15,17-19H,5-13H2,1-4H3. The summed E-state index contributed by atoms with van der Waals surface area (Å²) in [5.74, 6) is 0. The highest BCUT2D eigenvalue weighted by Gasteiger charge is 2.24. The summed E-state index contributed by atoms with van der Waals surface area (Å²) < 4.78 is 5.48. The van der Waals surface area contributed by atoms with Gasteiger partial charge >= 0.3 is 0 Å². The van der Waals surface area contributed by atoms with E-state index in [1.165, 1.54) is 19.3 Å². The smallest absolute Gasteiger partial charge is 0.0897 e. The SMILES string of the molecule is CCCCCCOCC(O)CNC(CCO)C(C)(C)C. The summed E-state index contributed by atoms with van der Waals surface area (Å²) in [4.78, 5) is 0. The lowest BCUT2D eigenvalue weighted by atomic mass is 9.85. The summed E-state index contributed by atoms with van der Waals surface area (Å²) >= 11 is 0. The lowest BCUT2D eigenvalue weighted by molar-refractivity contribution is 0.0310. The highest BCUT2D eigenvalue weighted by atomic mass is 16.5. The zero-order valence-electron chi connectivity index (χ0n) is 13.8. The number of aliphatic hydroxyl groups excluding tert-OH is 2. The second-order valence-electron chi connectivity index (χ2n) is 6.63. The van der Waals surface area contributed by atoms with Gasteiger partial charge < -0.3 is 20.3 Å². The second kappa shape index (κ2) is 11.5. The van der Waals surface area contributed by atoms with E-state index in [0.717, 1.165) is 13.0 Å². The Morgan fingerprint density at radius 1 is 1.15 bits per heavy atom. The molecular formula is C16H35NO3. The van der Waals surface area contributed by atoms with Gasteiger partial charge in [-0.3, -0.25) is 0 Å². The lowest BCUT2D eigenvalue weighted by Crippen LogP contribution is -2.45. The van der Waals surface area contributed by atoms with Crippen molar-refractivity contribution in [3.63, 3.8) is 0 Å². The molecule has 0 saturated carbocycles. The highest BCUT2D eigenvalue weighted by molar-refractivity contribution is 4.81. The van der Waals surface area contributed by atoms with Crippen LogP contribution in [0.3, 0.4) is 0 Å². The topological polar surface area (TPSA) is 61.7 Å². The number of ether oxygens (including phenoxy) is 1. The number of rotatable bonds is 12. The predicted octanol–water partition coefficient (Wildman–Crippen LogP) is 2.33. The number of nitrogens with one attached hydrogen (secondary N) is 1. The van der Waals surface area contributed by atoms with Crippen LogP contribution in [0.5, 0.6) is 0 Å². The van der Waals surface area contributed by atoms with E-state index in [1.807, 2.05) is 0 Å². The zero-order valence-corrected chi connectivity index (χ0v) is 13.8. The Hall–Kier alpha value is -0.160. The number of hydrogen-bond donors (Lipinski definition) is 3. The summed E-state index contributed by atoms with van der Waals surface area (Å²) in [6.45, 7) is 10.4. The van der Waals surface area contributed by atoms with Crippen molar-refractivity contribution in [2.75, 3.05) is 26.4 Å². The van der Waals surface area contributed by atoms with Crippen LogP contribution in [-0.2, 0) is 4.74 Å². The fourth-order valence-corrected chi connectivity index (χ4v) is 2.16. The average molecular weight is 289 g/mol. The van der Waals surface area contributed by atoms with E-state index in [0.29, 0.717) is 19.6 Å². The van der Waals surface area contributed by atoms with Crippen molar-refractivity contribution in [2.24, 2.45) is 5.41 Å². The normalized spacial score (nSPS) is 15.3. The fraction of sp³-hybridized carbons (Fsp3) is 1.00. The summed E-state index contributed by atoms with van der Waals surface area (Å²) in [7, 11) is 0. The van der Waals surface area contributed by atoms with E-state index in [4.69, 9.17) is 9.84 Å². The zero-order chi connectivity index (χ0) is 15.4. The average Bonchev–Trinajstić information content (AvgIpc) is 2.37. The van der Waals surface area contributed by atoms with Gasteiger partial charge in [0, 0.05) is 25.8 Å². The first-order chi connectivity index (χ1) is 9.41. The van der Waals surface area contributed by atoms with Crippen LogP contribution in [0.4, 0.5) is 0 Å². The Kier molecular flexibility index (Phi) is 11.4. The van der Waals surface area contributed by atoms with Crippen LogP contribution < -0.4 is 5.32 Å². The summed E-state index contributed by atoms with van der Waals surface area (Å²) in [5.41, 5.74) is 0.0729. The number of aliphatic hydroxyl groups is 2. The molecule has 0 aliphatic heterocycles. The Labute approximate surface area is 124 Å². The maximum absolute atomic E-state index is 9.88. The van der Waals surface area contributed by atoms with Gasteiger partial charge in [-0.1, -0.05) is 47.0 Å². The van der Waals surface area contributed by atoms with Gasteiger partial charge in [-0.05, 0) is 18.3 Å².